The highest BCUT2D eigenvalue weighted by Gasteiger charge is 2.32. The number of aryl methyl sites for hydroxylation is 4. The zero-order chi connectivity index (χ0) is 39.9. The van der Waals surface area contributed by atoms with Crippen LogP contribution in [0.5, 0.6) is 0 Å². The Balaban J connectivity index is 0.000000218. The van der Waals surface area contributed by atoms with Gasteiger partial charge in [-0.15, -0.1) is 0 Å². The van der Waals surface area contributed by atoms with E-state index in [1.54, 1.807) is 0 Å². The summed E-state index contributed by atoms with van der Waals surface area (Å²) in [7, 11) is 0. The van der Waals surface area contributed by atoms with E-state index in [9.17, 15) is 0 Å². The smallest absolute Gasteiger partial charge is 0.0403 e. The van der Waals surface area contributed by atoms with Gasteiger partial charge in [0.15, 0.2) is 0 Å². The molecule has 0 bridgehead atoms. The Morgan fingerprint density at radius 1 is 0.351 bits per heavy atom. The third-order valence-corrected chi connectivity index (χ3v) is 16.1. The largest absolute Gasteiger partial charge is 0.261 e. The fourth-order valence-corrected chi connectivity index (χ4v) is 11.9. The first-order chi connectivity index (χ1) is 28.1. The van der Waals surface area contributed by atoms with E-state index in [1.807, 2.05) is 0 Å². The molecule has 2 nitrogen and oxygen atoms in total. The molecule has 2 heteroatoms. The van der Waals surface area contributed by atoms with Crippen molar-refractivity contribution in [3.63, 3.8) is 0 Å². The van der Waals surface area contributed by atoms with Gasteiger partial charge in [0.05, 0.1) is 0 Å². The predicted octanol–water partition coefficient (Wildman–Crippen LogP) is 16.7. The summed E-state index contributed by atoms with van der Waals surface area (Å²) < 4.78 is 0. The highest BCUT2D eigenvalue weighted by atomic mass is 14.7. The van der Waals surface area contributed by atoms with E-state index >= 15 is 0 Å². The summed E-state index contributed by atoms with van der Waals surface area (Å²) in [6.07, 6.45) is 51.2. The molecule has 4 aliphatic carbocycles. The standard InChI is InChI=1S/C28H47N.C27H45N/c1-3-5-7-9-25-15-21-28(29-22-25)20-14-24-12-18-27(19-13-24)26-16-10-23(11-17-26)8-6-4-2;1-3-5-7-22-9-15-25(16-10-22)26-17-11-23(12-18-26)13-19-27-20-14-24(21-28-27)8-6-4-2/h15,21-24,26-27H,3-14,16-20H2,1-2H3;14,20-23,25-26H,3-13,15-19H2,1-2H3. The first kappa shape index (κ1) is 46.4. The fourth-order valence-electron chi connectivity index (χ4n) is 11.9. The van der Waals surface area contributed by atoms with Gasteiger partial charge in [-0.25, -0.2) is 0 Å². The third-order valence-electron chi connectivity index (χ3n) is 16.1. The lowest BCUT2D eigenvalue weighted by Crippen LogP contribution is -2.26. The number of unbranched alkanes of at least 4 members (excludes halogenated alkanes) is 5. The molecular formula is C55H92N2. The minimum absolute atomic E-state index is 0.957. The number of aromatic nitrogens is 2. The van der Waals surface area contributed by atoms with Crippen molar-refractivity contribution < 1.29 is 0 Å². The summed E-state index contributed by atoms with van der Waals surface area (Å²) in [5, 5.41) is 0. The highest BCUT2D eigenvalue weighted by Crippen LogP contribution is 2.44. The van der Waals surface area contributed by atoms with Gasteiger partial charge in [-0.3, -0.25) is 9.97 Å². The maximum Gasteiger partial charge on any atom is 0.0403 e. The number of nitrogens with zero attached hydrogens (tertiary/aromatic N) is 2. The normalized spacial score (nSPS) is 28.1. The van der Waals surface area contributed by atoms with Gasteiger partial charge in [0.2, 0.25) is 0 Å². The van der Waals surface area contributed by atoms with E-state index in [-0.39, 0.29) is 0 Å². The zero-order valence-electron chi connectivity index (χ0n) is 38.3. The van der Waals surface area contributed by atoms with Gasteiger partial charge in [0.1, 0.15) is 0 Å². The van der Waals surface area contributed by atoms with Crippen molar-refractivity contribution in [3.05, 3.63) is 59.2 Å². The lowest BCUT2D eigenvalue weighted by atomic mass is 9.68. The van der Waals surface area contributed by atoms with E-state index in [1.165, 1.54) is 234 Å². The highest BCUT2D eigenvalue weighted by molar-refractivity contribution is 5.15. The SMILES string of the molecule is CCCCCc1ccc(CCC2CCC(C3CCC(CCCC)CC3)CC2)nc1.CCCCc1ccc(CCC2CCC(C3CCC(CCCC)CC3)CC2)nc1. The Hall–Kier alpha value is -1.70. The summed E-state index contributed by atoms with van der Waals surface area (Å²) in [6.45, 7) is 9.20. The maximum atomic E-state index is 4.76. The summed E-state index contributed by atoms with van der Waals surface area (Å²) in [4.78, 5) is 9.49. The second-order valence-corrected chi connectivity index (χ2v) is 20.4. The van der Waals surface area contributed by atoms with Crippen molar-refractivity contribution in [1.82, 2.24) is 9.97 Å². The molecule has 2 heterocycles. The molecule has 0 atom stereocenters. The average Bonchev–Trinajstić information content (AvgIpc) is 3.27. The molecule has 0 unspecified atom stereocenters. The van der Waals surface area contributed by atoms with Crippen molar-refractivity contribution >= 4 is 0 Å². The molecule has 0 saturated heterocycles. The van der Waals surface area contributed by atoms with E-state index in [0.717, 1.165) is 47.3 Å². The van der Waals surface area contributed by atoms with Crippen LogP contribution in [-0.4, -0.2) is 9.97 Å². The van der Waals surface area contributed by atoms with Crippen LogP contribution in [0.15, 0.2) is 36.7 Å². The number of rotatable bonds is 21. The summed E-state index contributed by atoms with van der Waals surface area (Å²) >= 11 is 0. The van der Waals surface area contributed by atoms with Crippen molar-refractivity contribution in [2.75, 3.05) is 0 Å². The zero-order valence-corrected chi connectivity index (χ0v) is 38.3. The predicted molar refractivity (Wildman–Crippen MR) is 248 cm³/mol. The molecule has 0 aliphatic heterocycles. The molecule has 0 spiro atoms. The van der Waals surface area contributed by atoms with Crippen molar-refractivity contribution in [3.8, 4) is 0 Å². The Labute approximate surface area is 354 Å². The van der Waals surface area contributed by atoms with Crippen LogP contribution < -0.4 is 0 Å². The molecule has 57 heavy (non-hydrogen) atoms. The van der Waals surface area contributed by atoms with E-state index in [4.69, 9.17) is 9.97 Å². The number of hydrogen-bond donors (Lipinski definition) is 0. The lowest BCUT2D eigenvalue weighted by molar-refractivity contribution is 0.140. The summed E-state index contributed by atoms with van der Waals surface area (Å²) in [5.74, 6) is 8.28. The molecular weight excluding hydrogens is 689 g/mol. The van der Waals surface area contributed by atoms with Gasteiger partial charge in [0, 0.05) is 23.8 Å². The maximum absolute atomic E-state index is 4.76. The van der Waals surface area contributed by atoms with Crippen LogP contribution >= 0.6 is 0 Å². The van der Waals surface area contributed by atoms with E-state index < -0.39 is 0 Å². The quantitative estimate of drug-likeness (QED) is 0.118. The van der Waals surface area contributed by atoms with Crippen LogP contribution in [0.4, 0.5) is 0 Å². The number of pyridine rings is 2. The molecule has 2 aromatic rings. The van der Waals surface area contributed by atoms with Gasteiger partial charge < -0.3 is 0 Å². The second kappa shape index (κ2) is 27.2. The Kier molecular flexibility index (Phi) is 22.1. The minimum atomic E-state index is 0.957. The minimum Gasteiger partial charge on any atom is -0.261 e. The monoisotopic (exact) mass is 781 g/mol. The number of hydrogen-bond acceptors (Lipinski definition) is 2. The van der Waals surface area contributed by atoms with E-state index in [2.05, 4.69) is 64.4 Å². The molecule has 0 aromatic carbocycles. The lowest BCUT2D eigenvalue weighted by Gasteiger charge is -2.38. The van der Waals surface area contributed by atoms with Gasteiger partial charge in [0.25, 0.3) is 0 Å². The second-order valence-electron chi connectivity index (χ2n) is 20.4. The van der Waals surface area contributed by atoms with Gasteiger partial charge in [-0.1, -0.05) is 149 Å². The molecule has 4 saturated carbocycles. The Morgan fingerprint density at radius 3 is 1.00 bits per heavy atom. The molecule has 0 radical (unpaired) electrons. The van der Waals surface area contributed by atoms with Gasteiger partial charge in [-0.05, 0) is 173 Å². The first-order valence-electron chi connectivity index (χ1n) is 25.9. The van der Waals surface area contributed by atoms with E-state index in [0.29, 0.717) is 0 Å². The molecule has 4 fully saturated rings. The summed E-state index contributed by atoms with van der Waals surface area (Å²) in [5.41, 5.74) is 5.46. The first-order valence-corrected chi connectivity index (χ1v) is 25.9. The van der Waals surface area contributed by atoms with Gasteiger partial charge in [-0.2, -0.15) is 0 Å². The molecule has 0 N–H and O–H groups in total. The van der Waals surface area contributed by atoms with Crippen molar-refractivity contribution in [2.24, 2.45) is 47.3 Å². The fraction of sp³-hybridized carbons (Fsp3) is 0.818. The third kappa shape index (κ3) is 17.1. The molecule has 6 rings (SSSR count). The van der Waals surface area contributed by atoms with Crippen molar-refractivity contribution in [2.45, 2.75) is 240 Å². The Bertz CT molecular complexity index is 1250. The van der Waals surface area contributed by atoms with Crippen LogP contribution in [0.2, 0.25) is 0 Å². The molecule has 0 amide bonds. The molecule has 4 aliphatic rings. The topological polar surface area (TPSA) is 25.8 Å². The Morgan fingerprint density at radius 2 is 0.684 bits per heavy atom. The van der Waals surface area contributed by atoms with Gasteiger partial charge >= 0.3 is 0 Å². The van der Waals surface area contributed by atoms with Crippen molar-refractivity contribution in [1.29, 1.82) is 0 Å². The van der Waals surface area contributed by atoms with Crippen LogP contribution in [0.25, 0.3) is 0 Å². The van der Waals surface area contributed by atoms with Crippen LogP contribution in [0.1, 0.15) is 236 Å². The molecule has 2 aromatic heterocycles. The van der Waals surface area contributed by atoms with Crippen LogP contribution in [0.3, 0.4) is 0 Å². The average molecular weight is 781 g/mol. The van der Waals surface area contributed by atoms with Crippen LogP contribution in [0, 0.1) is 47.3 Å². The van der Waals surface area contributed by atoms with Crippen LogP contribution in [-0.2, 0) is 25.7 Å². The summed E-state index contributed by atoms with van der Waals surface area (Å²) in [6, 6.07) is 9.22. The molecule has 322 valence electrons.